The number of likely N-dealkylation sites (tertiary alicyclic amines) is 1. The molecule has 1 saturated heterocycles. The Balaban J connectivity index is 1.31. The Kier molecular flexibility index (Phi) is 4.13. The van der Waals surface area contributed by atoms with E-state index in [4.69, 9.17) is 4.98 Å². The molecular weight excluding hydrogens is 356 g/mol. The van der Waals surface area contributed by atoms with Gasteiger partial charge in [-0.15, -0.1) is 11.3 Å². The van der Waals surface area contributed by atoms with Crippen LogP contribution in [-0.4, -0.2) is 32.3 Å². The molecular formula is C21H20N4OS. The number of imidazole rings is 1. The summed E-state index contributed by atoms with van der Waals surface area (Å²) in [5, 5.41) is 1.03. The second kappa shape index (κ2) is 6.78. The predicted molar refractivity (Wildman–Crippen MR) is 108 cm³/mol. The first-order valence-corrected chi connectivity index (χ1v) is 10.2. The quantitative estimate of drug-likeness (QED) is 0.572. The lowest BCUT2D eigenvalue weighted by Crippen LogP contribution is -2.31. The molecule has 1 amide bonds. The minimum Gasteiger partial charge on any atom is -0.340 e. The van der Waals surface area contributed by atoms with Crippen molar-refractivity contribution in [2.24, 2.45) is 0 Å². The highest BCUT2D eigenvalue weighted by Crippen LogP contribution is 2.32. The molecule has 0 spiro atoms. The van der Waals surface area contributed by atoms with Crippen LogP contribution in [0.2, 0.25) is 0 Å². The van der Waals surface area contributed by atoms with E-state index in [0.717, 1.165) is 46.8 Å². The maximum Gasteiger partial charge on any atom is 0.223 e. The van der Waals surface area contributed by atoms with E-state index in [9.17, 15) is 4.79 Å². The van der Waals surface area contributed by atoms with Gasteiger partial charge in [-0.1, -0.05) is 24.3 Å². The van der Waals surface area contributed by atoms with Gasteiger partial charge >= 0.3 is 0 Å². The number of nitrogens with zero attached hydrogens (tertiary/aromatic N) is 3. The summed E-state index contributed by atoms with van der Waals surface area (Å²) in [5.74, 6) is 1.10. The number of aryl methyl sites for hydroxylation is 1. The summed E-state index contributed by atoms with van der Waals surface area (Å²) in [7, 11) is 0. The molecule has 5 nitrogen and oxygen atoms in total. The van der Waals surface area contributed by atoms with Crippen LogP contribution in [-0.2, 0) is 11.2 Å². The van der Waals surface area contributed by atoms with Crippen LogP contribution in [0.5, 0.6) is 0 Å². The zero-order valence-electron chi connectivity index (χ0n) is 14.9. The van der Waals surface area contributed by atoms with Crippen molar-refractivity contribution in [3.05, 3.63) is 59.4 Å². The summed E-state index contributed by atoms with van der Waals surface area (Å²) in [4.78, 5) is 27.6. The average molecular weight is 376 g/mol. The van der Waals surface area contributed by atoms with Gasteiger partial charge < -0.3 is 9.88 Å². The van der Waals surface area contributed by atoms with E-state index in [0.29, 0.717) is 12.8 Å². The maximum absolute atomic E-state index is 12.9. The number of carbonyl (C=O) groups excluding carboxylic acids is 1. The van der Waals surface area contributed by atoms with E-state index in [-0.39, 0.29) is 11.9 Å². The first-order chi connectivity index (χ1) is 13.3. The monoisotopic (exact) mass is 376 g/mol. The Hall–Kier alpha value is -2.73. The third-order valence-electron chi connectivity index (χ3n) is 5.19. The number of rotatable bonds is 4. The summed E-state index contributed by atoms with van der Waals surface area (Å²) in [6, 6.07) is 16.2. The minimum atomic E-state index is 0.0558. The van der Waals surface area contributed by atoms with Crippen LogP contribution >= 0.6 is 11.3 Å². The molecule has 2 aromatic carbocycles. The Morgan fingerprint density at radius 2 is 1.93 bits per heavy atom. The van der Waals surface area contributed by atoms with E-state index < -0.39 is 0 Å². The fourth-order valence-corrected chi connectivity index (χ4v) is 4.83. The summed E-state index contributed by atoms with van der Waals surface area (Å²) in [6.07, 6.45) is 3.18. The number of carbonyl (C=O) groups is 1. The van der Waals surface area contributed by atoms with Crippen molar-refractivity contribution in [3.8, 4) is 0 Å². The van der Waals surface area contributed by atoms with Crippen LogP contribution in [0, 0.1) is 0 Å². The van der Waals surface area contributed by atoms with Crippen molar-refractivity contribution >= 4 is 38.5 Å². The number of thiazole rings is 1. The number of para-hydroxylation sites is 3. The van der Waals surface area contributed by atoms with Crippen molar-refractivity contribution in [3.63, 3.8) is 0 Å². The number of H-pyrrole nitrogens is 1. The number of aromatic amines is 1. The Morgan fingerprint density at radius 3 is 2.78 bits per heavy atom. The van der Waals surface area contributed by atoms with Crippen molar-refractivity contribution in [1.29, 1.82) is 0 Å². The van der Waals surface area contributed by atoms with E-state index in [1.807, 2.05) is 47.4 Å². The summed E-state index contributed by atoms with van der Waals surface area (Å²) in [5.41, 5.74) is 3.01. The largest absolute Gasteiger partial charge is 0.340 e. The molecule has 5 rings (SSSR count). The molecule has 1 fully saturated rings. The molecule has 4 aromatic rings. The average Bonchev–Trinajstić information content (AvgIpc) is 3.42. The molecule has 6 heteroatoms. The fraction of sp³-hybridized carbons (Fsp3) is 0.286. The third kappa shape index (κ3) is 3.10. The van der Waals surface area contributed by atoms with Gasteiger partial charge in [0.05, 0.1) is 32.3 Å². The highest BCUT2D eigenvalue weighted by Gasteiger charge is 2.31. The van der Waals surface area contributed by atoms with Crippen LogP contribution in [0.25, 0.3) is 21.3 Å². The minimum absolute atomic E-state index is 0.0558. The highest BCUT2D eigenvalue weighted by molar-refractivity contribution is 7.18. The first kappa shape index (κ1) is 16.4. The van der Waals surface area contributed by atoms with Gasteiger partial charge in [0.2, 0.25) is 5.91 Å². The van der Waals surface area contributed by atoms with E-state index in [2.05, 4.69) is 16.0 Å². The molecule has 1 aliphatic heterocycles. The molecule has 136 valence electrons. The molecule has 2 aromatic heterocycles. The number of nitrogens with one attached hydrogen (secondary N) is 1. The molecule has 1 aliphatic rings. The van der Waals surface area contributed by atoms with Crippen LogP contribution < -0.4 is 0 Å². The van der Waals surface area contributed by atoms with Crippen molar-refractivity contribution < 1.29 is 4.79 Å². The van der Waals surface area contributed by atoms with Crippen LogP contribution in [0.1, 0.15) is 36.1 Å². The third-order valence-corrected chi connectivity index (χ3v) is 6.28. The Labute approximate surface area is 161 Å². The standard InChI is InChI=1S/C21H20N4OS/c26-20(12-11-19-22-16-8-3-4-10-18(16)27-19)25-13-5-9-17(25)21-23-14-6-1-2-7-15(14)24-21/h1-4,6-8,10,17H,5,9,11-13H2,(H,23,24)/t17-/m1/s1. The van der Waals surface area contributed by atoms with Gasteiger partial charge in [-0.3, -0.25) is 4.79 Å². The lowest BCUT2D eigenvalue weighted by molar-refractivity contribution is -0.132. The van der Waals surface area contributed by atoms with Crippen LogP contribution in [0.3, 0.4) is 0 Å². The molecule has 0 saturated carbocycles. The van der Waals surface area contributed by atoms with Gasteiger partial charge in [0.15, 0.2) is 0 Å². The molecule has 27 heavy (non-hydrogen) atoms. The molecule has 0 radical (unpaired) electrons. The second-order valence-electron chi connectivity index (χ2n) is 6.96. The topological polar surface area (TPSA) is 61.9 Å². The molecule has 3 heterocycles. The molecule has 1 atom stereocenters. The van der Waals surface area contributed by atoms with Gasteiger partial charge in [0.1, 0.15) is 5.82 Å². The van der Waals surface area contributed by atoms with E-state index >= 15 is 0 Å². The van der Waals surface area contributed by atoms with Gasteiger partial charge in [-0.25, -0.2) is 9.97 Å². The van der Waals surface area contributed by atoms with Gasteiger partial charge in [0, 0.05) is 19.4 Å². The molecule has 0 bridgehead atoms. The maximum atomic E-state index is 12.9. The summed E-state index contributed by atoms with van der Waals surface area (Å²) < 4.78 is 1.18. The molecule has 0 unspecified atom stereocenters. The van der Waals surface area contributed by atoms with Gasteiger partial charge in [-0.2, -0.15) is 0 Å². The summed E-state index contributed by atoms with van der Waals surface area (Å²) >= 11 is 1.68. The normalized spacial score (nSPS) is 17.2. The molecule has 1 N–H and O–H groups in total. The number of hydrogen-bond acceptors (Lipinski definition) is 4. The van der Waals surface area contributed by atoms with Gasteiger partial charge in [-0.05, 0) is 37.1 Å². The van der Waals surface area contributed by atoms with Crippen molar-refractivity contribution in [2.45, 2.75) is 31.7 Å². The van der Waals surface area contributed by atoms with Crippen LogP contribution in [0.15, 0.2) is 48.5 Å². The number of aromatic nitrogens is 3. The highest BCUT2D eigenvalue weighted by atomic mass is 32.1. The van der Waals surface area contributed by atoms with E-state index in [1.54, 1.807) is 11.3 Å². The lowest BCUT2D eigenvalue weighted by atomic mass is 10.2. The SMILES string of the molecule is O=C(CCc1nc2ccccc2s1)N1CCC[C@@H]1c1nc2ccccc2[nH]1. The fourth-order valence-electron chi connectivity index (χ4n) is 3.86. The second-order valence-corrected chi connectivity index (χ2v) is 8.07. The van der Waals surface area contributed by atoms with E-state index in [1.165, 1.54) is 4.70 Å². The summed E-state index contributed by atoms with van der Waals surface area (Å²) in [6.45, 7) is 0.806. The first-order valence-electron chi connectivity index (χ1n) is 9.36. The zero-order valence-corrected chi connectivity index (χ0v) is 15.7. The Morgan fingerprint density at radius 1 is 1.11 bits per heavy atom. The zero-order chi connectivity index (χ0) is 18.2. The number of hydrogen-bond donors (Lipinski definition) is 1. The lowest BCUT2D eigenvalue weighted by Gasteiger charge is -2.23. The smallest absolute Gasteiger partial charge is 0.223 e. The molecule has 0 aliphatic carbocycles. The van der Waals surface area contributed by atoms with Crippen LogP contribution in [0.4, 0.5) is 0 Å². The Bertz CT molecular complexity index is 1050. The number of benzene rings is 2. The number of fused-ring (bicyclic) bond motifs is 2. The van der Waals surface area contributed by atoms with Crippen molar-refractivity contribution in [1.82, 2.24) is 19.9 Å². The predicted octanol–water partition coefficient (Wildman–Crippen LogP) is 4.47. The van der Waals surface area contributed by atoms with Gasteiger partial charge in [0.25, 0.3) is 0 Å². The van der Waals surface area contributed by atoms with Crippen molar-refractivity contribution in [2.75, 3.05) is 6.54 Å². The number of amides is 1.